The van der Waals surface area contributed by atoms with Crippen molar-refractivity contribution in [1.29, 1.82) is 0 Å². The molecule has 1 nitrogen and oxygen atoms in total. The molecule has 0 heterocycles. The average Bonchev–Trinajstić information content (AvgIpc) is 2.97. The first-order chi connectivity index (χ1) is 9.78. The molecule has 0 saturated heterocycles. The van der Waals surface area contributed by atoms with Crippen LogP contribution in [0.1, 0.15) is 70.0 Å². The van der Waals surface area contributed by atoms with Crippen molar-refractivity contribution >= 4 is 0 Å². The lowest BCUT2D eigenvalue weighted by Crippen LogP contribution is -2.28. The normalized spacial score (nSPS) is 23.9. The Hall–Kier alpha value is -0.820. The van der Waals surface area contributed by atoms with Gasteiger partial charge in [-0.15, -0.1) is 0 Å². The van der Waals surface area contributed by atoms with Crippen molar-refractivity contribution < 1.29 is 0 Å². The summed E-state index contributed by atoms with van der Waals surface area (Å²) >= 11 is 0. The third-order valence-electron chi connectivity index (χ3n) is 4.99. The molecule has 2 rings (SSSR count). The van der Waals surface area contributed by atoms with E-state index >= 15 is 0 Å². The molecule has 3 atom stereocenters. The van der Waals surface area contributed by atoms with Crippen LogP contribution in [0.2, 0.25) is 0 Å². The second-order valence-electron chi connectivity index (χ2n) is 6.37. The number of nitrogens with one attached hydrogen (secondary N) is 1. The van der Waals surface area contributed by atoms with Crippen LogP contribution in [-0.4, -0.2) is 6.54 Å². The highest BCUT2D eigenvalue weighted by Gasteiger charge is 2.30. The zero-order chi connectivity index (χ0) is 14.4. The molecule has 0 bridgehead atoms. The van der Waals surface area contributed by atoms with Crippen LogP contribution < -0.4 is 5.32 Å². The van der Waals surface area contributed by atoms with Gasteiger partial charge in [-0.1, -0.05) is 57.9 Å². The minimum absolute atomic E-state index is 0.567. The summed E-state index contributed by atoms with van der Waals surface area (Å²) in [4.78, 5) is 0. The first kappa shape index (κ1) is 15.6. The Morgan fingerprint density at radius 3 is 2.40 bits per heavy atom. The molecule has 1 aromatic carbocycles. The van der Waals surface area contributed by atoms with Gasteiger partial charge in [0.2, 0.25) is 0 Å². The van der Waals surface area contributed by atoms with Crippen molar-refractivity contribution in [3.8, 4) is 0 Å². The Labute approximate surface area is 125 Å². The number of hydrogen-bond donors (Lipinski definition) is 1. The van der Waals surface area contributed by atoms with Gasteiger partial charge in [-0.25, -0.2) is 0 Å². The van der Waals surface area contributed by atoms with Gasteiger partial charge in [0, 0.05) is 6.04 Å². The first-order valence-electron chi connectivity index (χ1n) is 8.60. The lowest BCUT2D eigenvalue weighted by atomic mass is 9.89. The fourth-order valence-electron chi connectivity index (χ4n) is 3.60. The standard InChI is InChI=1S/C19H31N/c1-4-13-20-19(18-12-9-16(6-3)14-18)17-10-7-15(5-2)8-11-17/h7-8,10-11,16,18-20H,4-6,9,12-14H2,1-3H3. The quantitative estimate of drug-likeness (QED) is 0.727. The maximum atomic E-state index is 3.81. The third kappa shape index (κ3) is 3.85. The largest absolute Gasteiger partial charge is 0.310 e. The molecule has 1 heteroatoms. The molecule has 1 fully saturated rings. The van der Waals surface area contributed by atoms with Gasteiger partial charge in [0.15, 0.2) is 0 Å². The molecule has 20 heavy (non-hydrogen) atoms. The van der Waals surface area contributed by atoms with Crippen LogP contribution in [0.25, 0.3) is 0 Å². The fourth-order valence-corrected chi connectivity index (χ4v) is 3.60. The van der Waals surface area contributed by atoms with E-state index in [1.54, 1.807) is 0 Å². The van der Waals surface area contributed by atoms with Gasteiger partial charge >= 0.3 is 0 Å². The number of rotatable bonds is 7. The van der Waals surface area contributed by atoms with Gasteiger partial charge in [-0.2, -0.15) is 0 Å². The predicted molar refractivity (Wildman–Crippen MR) is 88.0 cm³/mol. The lowest BCUT2D eigenvalue weighted by Gasteiger charge is -2.26. The number of hydrogen-bond acceptors (Lipinski definition) is 1. The molecule has 1 saturated carbocycles. The lowest BCUT2D eigenvalue weighted by molar-refractivity contribution is 0.354. The van der Waals surface area contributed by atoms with E-state index in [0.29, 0.717) is 6.04 Å². The van der Waals surface area contributed by atoms with Crippen LogP contribution in [0.5, 0.6) is 0 Å². The summed E-state index contributed by atoms with van der Waals surface area (Å²) in [5, 5.41) is 3.81. The van der Waals surface area contributed by atoms with Gasteiger partial charge < -0.3 is 5.32 Å². The second kappa shape index (κ2) is 7.83. The topological polar surface area (TPSA) is 12.0 Å². The van der Waals surface area contributed by atoms with Crippen LogP contribution in [0, 0.1) is 11.8 Å². The Kier molecular flexibility index (Phi) is 6.09. The van der Waals surface area contributed by atoms with Crippen molar-refractivity contribution in [2.45, 2.75) is 65.3 Å². The first-order valence-corrected chi connectivity index (χ1v) is 8.60. The van der Waals surface area contributed by atoms with Crippen molar-refractivity contribution in [3.05, 3.63) is 35.4 Å². The van der Waals surface area contributed by atoms with E-state index in [1.807, 2.05) is 0 Å². The Bertz CT molecular complexity index is 381. The monoisotopic (exact) mass is 273 g/mol. The fraction of sp³-hybridized carbons (Fsp3) is 0.684. The van der Waals surface area contributed by atoms with Crippen LogP contribution in [-0.2, 0) is 6.42 Å². The molecule has 112 valence electrons. The highest BCUT2D eigenvalue weighted by Crippen LogP contribution is 2.40. The van der Waals surface area contributed by atoms with Crippen molar-refractivity contribution in [2.75, 3.05) is 6.54 Å². The smallest absolute Gasteiger partial charge is 0.0348 e. The maximum Gasteiger partial charge on any atom is 0.0348 e. The molecule has 0 aliphatic heterocycles. The van der Waals surface area contributed by atoms with E-state index in [1.165, 1.54) is 43.2 Å². The molecule has 0 amide bonds. The molecular weight excluding hydrogens is 242 g/mol. The Morgan fingerprint density at radius 1 is 1.10 bits per heavy atom. The zero-order valence-corrected chi connectivity index (χ0v) is 13.5. The Morgan fingerprint density at radius 2 is 1.85 bits per heavy atom. The second-order valence-corrected chi connectivity index (χ2v) is 6.37. The molecule has 0 spiro atoms. The summed E-state index contributed by atoms with van der Waals surface area (Å²) < 4.78 is 0. The third-order valence-corrected chi connectivity index (χ3v) is 4.99. The summed E-state index contributed by atoms with van der Waals surface area (Å²) in [6, 6.07) is 9.89. The minimum Gasteiger partial charge on any atom is -0.310 e. The highest BCUT2D eigenvalue weighted by molar-refractivity contribution is 5.25. The van der Waals surface area contributed by atoms with Gasteiger partial charge in [0.25, 0.3) is 0 Å². The molecule has 1 N–H and O–H groups in total. The molecule has 0 radical (unpaired) electrons. The average molecular weight is 273 g/mol. The molecule has 3 unspecified atom stereocenters. The van der Waals surface area contributed by atoms with E-state index in [9.17, 15) is 0 Å². The molecule has 1 aliphatic carbocycles. The summed E-state index contributed by atoms with van der Waals surface area (Å²) in [6.07, 6.45) is 7.94. The molecule has 0 aromatic heterocycles. The summed E-state index contributed by atoms with van der Waals surface area (Å²) in [5.41, 5.74) is 2.94. The number of benzene rings is 1. The van der Waals surface area contributed by atoms with Gasteiger partial charge in [0.05, 0.1) is 0 Å². The van der Waals surface area contributed by atoms with E-state index in [-0.39, 0.29) is 0 Å². The summed E-state index contributed by atoms with van der Waals surface area (Å²) in [5.74, 6) is 1.79. The van der Waals surface area contributed by atoms with E-state index in [0.717, 1.165) is 24.8 Å². The van der Waals surface area contributed by atoms with Crippen molar-refractivity contribution in [3.63, 3.8) is 0 Å². The van der Waals surface area contributed by atoms with E-state index < -0.39 is 0 Å². The van der Waals surface area contributed by atoms with Crippen LogP contribution in [0.15, 0.2) is 24.3 Å². The van der Waals surface area contributed by atoms with Crippen molar-refractivity contribution in [2.24, 2.45) is 11.8 Å². The molecule has 1 aromatic rings. The number of aryl methyl sites for hydroxylation is 1. The van der Waals surface area contributed by atoms with E-state index in [4.69, 9.17) is 0 Å². The van der Waals surface area contributed by atoms with Gasteiger partial charge in [-0.3, -0.25) is 0 Å². The van der Waals surface area contributed by atoms with Crippen LogP contribution in [0.4, 0.5) is 0 Å². The van der Waals surface area contributed by atoms with E-state index in [2.05, 4.69) is 50.4 Å². The minimum atomic E-state index is 0.567. The molecule has 1 aliphatic rings. The van der Waals surface area contributed by atoms with Crippen LogP contribution >= 0.6 is 0 Å². The SMILES string of the molecule is CCCNC(c1ccc(CC)cc1)C1CCC(CC)C1. The summed E-state index contributed by atoms with van der Waals surface area (Å²) in [7, 11) is 0. The van der Waals surface area contributed by atoms with Crippen molar-refractivity contribution in [1.82, 2.24) is 5.32 Å². The maximum absolute atomic E-state index is 3.81. The van der Waals surface area contributed by atoms with Gasteiger partial charge in [-0.05, 0) is 55.2 Å². The summed E-state index contributed by atoms with van der Waals surface area (Å²) in [6.45, 7) is 7.96. The van der Waals surface area contributed by atoms with Crippen LogP contribution in [0.3, 0.4) is 0 Å². The predicted octanol–water partition coefficient (Wildman–Crippen LogP) is 5.12. The molecular formula is C19H31N. The van der Waals surface area contributed by atoms with Gasteiger partial charge in [0.1, 0.15) is 0 Å². The zero-order valence-electron chi connectivity index (χ0n) is 13.5. The Balaban J connectivity index is 2.09. The highest BCUT2D eigenvalue weighted by atomic mass is 14.9.